The Morgan fingerprint density at radius 3 is 2.18 bits per heavy atom. The summed E-state index contributed by atoms with van der Waals surface area (Å²) in [5, 5.41) is 9.81. The SMILES string of the molecule is C=C.CC[C@H]1C([C-]=O)N(C)C[C@@H]1Oc1nc2ccccc2nc1C(F)(F)CCCC[C@@H]1CCCC1C.CN[C@H](C=O)C(C)(C)C.O=CO.[V]. The smallest absolute Gasteiger partial charge is 0.295 e. The summed E-state index contributed by atoms with van der Waals surface area (Å²) >= 11 is 0. The van der Waals surface area contributed by atoms with Gasteiger partial charge in [0.05, 0.1) is 17.1 Å². The second-order valence-corrected chi connectivity index (χ2v) is 13.6. The first-order chi connectivity index (χ1) is 22.8. The molecule has 2 aliphatic rings. The van der Waals surface area contributed by atoms with Crippen LogP contribution in [0.3, 0.4) is 0 Å². The molecular weight excluding hydrogens is 669 g/mol. The largest absolute Gasteiger partial charge is 0.540 e. The summed E-state index contributed by atoms with van der Waals surface area (Å²) < 4.78 is 37.2. The molecule has 6 atom stereocenters. The van der Waals surface area contributed by atoms with Crippen molar-refractivity contribution >= 4 is 30.1 Å². The molecule has 2 N–H and O–H groups in total. The fourth-order valence-electron chi connectivity index (χ4n) is 6.53. The number of carbonyl (C=O) groups excluding carboxylic acids is 2. The number of hydrogen-bond acceptors (Lipinski definition) is 8. The second kappa shape index (κ2) is 22.9. The Kier molecular flexibility index (Phi) is 21.6. The molecule has 1 aliphatic carbocycles. The molecule has 0 spiro atoms. The Morgan fingerprint density at radius 1 is 1.14 bits per heavy atom. The van der Waals surface area contributed by atoms with E-state index < -0.39 is 23.8 Å². The van der Waals surface area contributed by atoms with Gasteiger partial charge in [-0.3, -0.25) is 4.79 Å². The maximum Gasteiger partial charge on any atom is 0.295 e. The van der Waals surface area contributed by atoms with Crippen molar-refractivity contribution in [3.63, 3.8) is 0 Å². The van der Waals surface area contributed by atoms with Crippen molar-refractivity contribution in [3.8, 4) is 5.88 Å². The van der Waals surface area contributed by atoms with Gasteiger partial charge in [-0.05, 0) is 55.8 Å². The van der Waals surface area contributed by atoms with Crippen molar-refractivity contribution in [2.75, 3.05) is 20.6 Å². The zero-order valence-electron chi connectivity index (χ0n) is 30.3. The number of rotatable bonds is 12. The van der Waals surface area contributed by atoms with Crippen LogP contribution < -0.4 is 10.1 Å². The van der Waals surface area contributed by atoms with E-state index in [9.17, 15) is 9.59 Å². The van der Waals surface area contributed by atoms with E-state index in [2.05, 4.69) is 41.7 Å². The Bertz CT molecular complexity index is 1270. The standard InChI is InChI=1S/C27H36F2N3O2.C7H15NO.C2H4.CH2O2.V/c1-4-20-23(17-33)32(3)16-24(20)34-26-25(30-21-13-5-6-14-22(21)31-26)27(28,29)15-8-7-11-19-12-9-10-18(19)2;1-7(2,3)6(5-9)8-4;1-2;2-1-3;/h5-6,13-14,18-20,23-24H,4,7-12,15-16H2,1-3H3;5-6,8H,1-4H3;1-2H2;1H,(H,2,3);/q-1;;;;/t18?,19-,20+,23?,24+;6-;;;/m11.../s1. The number of carboxylic acid groups (broad SMARTS) is 1. The molecule has 4 rings (SSSR count). The van der Waals surface area contributed by atoms with Gasteiger partial charge in [0.15, 0.2) is 5.69 Å². The minimum absolute atomic E-state index is 0. The minimum Gasteiger partial charge on any atom is -0.540 e. The molecule has 12 heteroatoms. The predicted octanol–water partition coefficient (Wildman–Crippen LogP) is 7.24. The summed E-state index contributed by atoms with van der Waals surface area (Å²) in [6.45, 7) is 16.5. The zero-order chi connectivity index (χ0) is 36.5. The number of alkyl halides is 2. The summed E-state index contributed by atoms with van der Waals surface area (Å²) in [5.41, 5.74) is 0.594. The van der Waals surface area contributed by atoms with Gasteiger partial charge < -0.3 is 29.6 Å². The molecule has 1 radical (unpaired) electrons. The van der Waals surface area contributed by atoms with E-state index in [0.717, 1.165) is 19.1 Å². The maximum atomic E-state index is 15.5. The van der Waals surface area contributed by atoms with E-state index in [1.165, 1.54) is 19.3 Å². The van der Waals surface area contributed by atoms with Crippen LogP contribution in [0.1, 0.15) is 91.7 Å². The van der Waals surface area contributed by atoms with E-state index in [0.29, 0.717) is 42.3 Å². The number of nitrogens with zero attached hydrogens (tertiary/aromatic N) is 3. The molecule has 1 saturated heterocycles. The molecule has 2 fully saturated rings. The first-order valence-corrected chi connectivity index (χ1v) is 16.9. The maximum absolute atomic E-state index is 15.5. The molecule has 0 amide bonds. The third kappa shape index (κ3) is 13.8. The molecule has 9 nitrogen and oxygen atoms in total. The van der Waals surface area contributed by atoms with Crippen LogP contribution in [-0.4, -0.2) is 77.8 Å². The van der Waals surface area contributed by atoms with Crippen molar-refractivity contribution in [3.05, 3.63) is 43.1 Å². The molecule has 1 aromatic heterocycles. The number of carbonyl (C=O) groups is 2. The van der Waals surface area contributed by atoms with Crippen LogP contribution in [0.25, 0.3) is 11.0 Å². The van der Waals surface area contributed by atoms with Gasteiger partial charge in [0.2, 0.25) is 5.88 Å². The Labute approximate surface area is 303 Å². The van der Waals surface area contributed by atoms with Gasteiger partial charge in [-0.2, -0.15) is 8.78 Å². The van der Waals surface area contributed by atoms with Crippen molar-refractivity contribution in [1.82, 2.24) is 20.2 Å². The number of aldehydes is 1. The summed E-state index contributed by atoms with van der Waals surface area (Å²) in [6.07, 6.45) is 8.99. The van der Waals surface area contributed by atoms with Crippen molar-refractivity contribution in [1.29, 1.82) is 0 Å². The number of unbranched alkanes of at least 4 members (excludes halogenated alkanes) is 1. The molecule has 1 aliphatic heterocycles. The van der Waals surface area contributed by atoms with Crippen molar-refractivity contribution in [2.45, 2.75) is 110 Å². The van der Waals surface area contributed by atoms with Gasteiger partial charge in [-0.15, -0.1) is 13.2 Å². The number of aromatic nitrogens is 2. The van der Waals surface area contributed by atoms with Crippen LogP contribution in [0.2, 0.25) is 0 Å². The molecule has 2 unspecified atom stereocenters. The van der Waals surface area contributed by atoms with Gasteiger partial charge in [-0.1, -0.05) is 91.3 Å². The third-order valence-corrected chi connectivity index (χ3v) is 9.30. The number of likely N-dealkylation sites (N-methyl/N-ethyl adjacent to an activating group) is 2. The Morgan fingerprint density at radius 2 is 1.73 bits per heavy atom. The Hall–Kier alpha value is -2.73. The van der Waals surface area contributed by atoms with Gasteiger partial charge in [0.25, 0.3) is 12.4 Å². The molecule has 0 bridgehead atoms. The third-order valence-electron chi connectivity index (χ3n) is 9.30. The molecule has 1 aromatic carbocycles. The molecule has 1 saturated carbocycles. The van der Waals surface area contributed by atoms with Gasteiger partial charge in [0.1, 0.15) is 12.4 Å². The normalized spacial score (nSPS) is 22.5. The molecular formula is C37H57F2N4O5V-. The number of para-hydroxylation sites is 2. The number of ether oxygens (including phenoxy) is 1. The van der Waals surface area contributed by atoms with E-state index >= 15 is 8.78 Å². The van der Waals surface area contributed by atoms with Crippen LogP contribution in [0.5, 0.6) is 5.88 Å². The van der Waals surface area contributed by atoms with E-state index in [4.69, 9.17) is 14.6 Å². The summed E-state index contributed by atoms with van der Waals surface area (Å²) in [7, 11) is 3.62. The monoisotopic (exact) mass is 726 g/mol. The van der Waals surface area contributed by atoms with E-state index in [1.807, 2.05) is 39.6 Å². The zero-order valence-corrected chi connectivity index (χ0v) is 31.7. The fourth-order valence-corrected chi connectivity index (χ4v) is 6.53. The average Bonchev–Trinajstić information content (AvgIpc) is 3.60. The minimum atomic E-state index is -3.14. The molecule has 2 aromatic rings. The number of nitrogens with one attached hydrogen (secondary N) is 1. The van der Waals surface area contributed by atoms with Crippen molar-refractivity contribution in [2.24, 2.45) is 23.2 Å². The summed E-state index contributed by atoms with van der Waals surface area (Å²) in [4.78, 5) is 40.8. The van der Waals surface area contributed by atoms with Gasteiger partial charge >= 0.3 is 0 Å². The number of halogens is 2. The van der Waals surface area contributed by atoms with Crippen LogP contribution in [0.15, 0.2) is 37.4 Å². The van der Waals surface area contributed by atoms with Gasteiger partial charge in [-0.25, -0.2) is 16.3 Å². The first-order valence-electron chi connectivity index (χ1n) is 16.9. The first kappa shape index (κ1) is 46.3. The average molecular weight is 727 g/mol. The Balaban J connectivity index is 0.00000131. The van der Waals surface area contributed by atoms with Crippen LogP contribution in [0, 0.1) is 23.2 Å². The fraction of sp³-hybridized carbons (Fsp3) is 0.649. The number of fused-ring (bicyclic) bond motifs is 1. The number of benzene rings is 1. The van der Waals surface area contributed by atoms with Gasteiger partial charge in [0, 0.05) is 31.5 Å². The van der Waals surface area contributed by atoms with E-state index in [-0.39, 0.29) is 54.7 Å². The predicted molar refractivity (Wildman–Crippen MR) is 187 cm³/mol. The second-order valence-electron chi connectivity index (χ2n) is 13.6. The summed E-state index contributed by atoms with van der Waals surface area (Å²) in [6, 6.07) is 6.58. The molecule has 49 heavy (non-hydrogen) atoms. The quantitative estimate of drug-likeness (QED) is 0.101. The number of hydrogen-bond donors (Lipinski definition) is 2. The van der Waals surface area contributed by atoms with Crippen LogP contribution in [-0.2, 0) is 38.9 Å². The molecule has 275 valence electrons. The van der Waals surface area contributed by atoms with Crippen LogP contribution in [0.4, 0.5) is 8.78 Å². The summed E-state index contributed by atoms with van der Waals surface area (Å²) in [5.74, 6) is -2.02. The van der Waals surface area contributed by atoms with Crippen molar-refractivity contribution < 1.29 is 51.6 Å². The number of likely N-dealkylation sites (tertiary alicyclic amines) is 1. The molecule has 2 heterocycles. The van der Waals surface area contributed by atoms with Crippen LogP contribution >= 0.6 is 0 Å². The van der Waals surface area contributed by atoms with E-state index in [1.54, 1.807) is 31.3 Å². The topological polar surface area (TPSA) is 122 Å².